The summed E-state index contributed by atoms with van der Waals surface area (Å²) in [5.74, 6) is 0. The van der Waals surface area contributed by atoms with Gasteiger partial charge in [-0.2, -0.15) is 5.06 Å². The van der Waals surface area contributed by atoms with Gasteiger partial charge in [0.25, 0.3) is 0 Å². The predicted octanol–water partition coefficient (Wildman–Crippen LogP) is 4.24. The number of thiophene rings is 1. The zero-order valence-electron chi connectivity index (χ0n) is 16.8. The molecular weight excluding hydrogens is 390 g/mol. The van der Waals surface area contributed by atoms with E-state index in [0.717, 1.165) is 16.0 Å². The maximum atomic E-state index is 13.0. The lowest BCUT2D eigenvalue weighted by Crippen LogP contribution is -2.42. The van der Waals surface area contributed by atoms with E-state index < -0.39 is 11.7 Å². The number of hydroxylamine groups is 2. The van der Waals surface area contributed by atoms with Gasteiger partial charge in [0.2, 0.25) is 0 Å². The van der Waals surface area contributed by atoms with Crippen LogP contribution >= 0.6 is 11.3 Å². The monoisotopic (exact) mass is 415 g/mol. The van der Waals surface area contributed by atoms with Crippen LogP contribution in [0.2, 0.25) is 0 Å². The fraction of sp³-hybridized carbons (Fsp3) is 0.429. The van der Waals surface area contributed by atoms with Crippen molar-refractivity contribution in [1.29, 1.82) is 0 Å². The normalized spacial score (nSPS) is 20.6. The van der Waals surface area contributed by atoms with E-state index in [9.17, 15) is 9.59 Å². The molecular formula is C21H25N3O4S. The molecule has 1 N–H and O–H groups in total. The largest absolute Gasteiger partial charge is 0.444 e. The summed E-state index contributed by atoms with van der Waals surface area (Å²) in [6, 6.07) is 11.3. The molecule has 0 aliphatic carbocycles. The number of urea groups is 1. The lowest BCUT2D eigenvalue weighted by molar-refractivity contribution is -0.141. The van der Waals surface area contributed by atoms with Crippen molar-refractivity contribution < 1.29 is 19.2 Å². The molecule has 7 nitrogen and oxygen atoms in total. The molecule has 4 rings (SSSR count). The number of amides is 3. The first-order valence-electron chi connectivity index (χ1n) is 9.64. The minimum atomic E-state index is -0.568. The number of nitrogens with zero attached hydrogens (tertiary/aromatic N) is 2. The number of hydrogen-bond acceptors (Lipinski definition) is 5. The van der Waals surface area contributed by atoms with E-state index in [1.807, 2.05) is 62.5 Å². The summed E-state index contributed by atoms with van der Waals surface area (Å²) in [7, 11) is 0. The number of hydrogen-bond donors (Lipinski definition) is 1. The van der Waals surface area contributed by atoms with Crippen LogP contribution in [0.4, 0.5) is 9.59 Å². The van der Waals surface area contributed by atoms with Crippen LogP contribution in [0.5, 0.6) is 0 Å². The van der Waals surface area contributed by atoms with Gasteiger partial charge in [-0.05, 0) is 43.3 Å². The van der Waals surface area contributed by atoms with Crippen LogP contribution in [0.15, 0.2) is 41.8 Å². The Kier molecular flexibility index (Phi) is 5.23. The standard InChI is InChI=1S/C21H25N3O4S/c1-21(2,3)28-19(25)22-11-16-18-15(9-10-29-18)17-12-23(16)20(26)24(17)27-13-14-7-5-4-6-8-14/h4-10,16-17H,11-13H2,1-3H3,(H,22,25). The fourth-order valence-electron chi connectivity index (χ4n) is 3.66. The molecule has 1 aromatic carbocycles. The van der Waals surface area contributed by atoms with Crippen molar-refractivity contribution >= 4 is 23.5 Å². The van der Waals surface area contributed by atoms with Crippen LogP contribution in [-0.2, 0) is 16.2 Å². The number of rotatable bonds is 5. The van der Waals surface area contributed by atoms with Gasteiger partial charge in [0.05, 0.1) is 12.6 Å². The molecule has 2 aliphatic rings. The third kappa shape index (κ3) is 4.09. The first kappa shape index (κ1) is 19.7. The number of carbonyl (C=O) groups excluding carboxylic acids is 2. The Morgan fingerprint density at radius 3 is 2.72 bits per heavy atom. The average Bonchev–Trinajstić information content (AvgIpc) is 3.25. The van der Waals surface area contributed by atoms with Crippen LogP contribution in [-0.4, -0.2) is 40.8 Å². The van der Waals surface area contributed by atoms with Crippen molar-refractivity contribution in [2.24, 2.45) is 0 Å². The topological polar surface area (TPSA) is 71.1 Å². The van der Waals surface area contributed by atoms with Gasteiger partial charge in [-0.1, -0.05) is 30.3 Å². The highest BCUT2D eigenvalue weighted by Gasteiger charge is 2.49. The molecule has 3 heterocycles. The molecule has 1 fully saturated rings. The summed E-state index contributed by atoms with van der Waals surface area (Å²) in [6.07, 6.45) is -0.485. The molecule has 1 aromatic heterocycles. The molecule has 0 spiro atoms. The Hall–Kier alpha value is -2.58. The second-order valence-corrected chi connectivity index (χ2v) is 9.12. The molecule has 2 unspecified atom stereocenters. The molecule has 1 saturated heterocycles. The maximum Gasteiger partial charge on any atom is 0.407 e. The third-order valence-corrected chi connectivity index (χ3v) is 5.94. The Morgan fingerprint density at radius 2 is 2.00 bits per heavy atom. The number of carbonyl (C=O) groups is 2. The van der Waals surface area contributed by atoms with Gasteiger partial charge in [-0.3, -0.25) is 4.84 Å². The lowest BCUT2D eigenvalue weighted by Gasteiger charge is -2.31. The van der Waals surface area contributed by atoms with Gasteiger partial charge in [0.15, 0.2) is 0 Å². The van der Waals surface area contributed by atoms with Crippen molar-refractivity contribution in [3.8, 4) is 0 Å². The van der Waals surface area contributed by atoms with Crippen LogP contribution < -0.4 is 5.32 Å². The van der Waals surface area contributed by atoms with Gasteiger partial charge in [-0.25, -0.2) is 9.59 Å². The highest BCUT2D eigenvalue weighted by atomic mass is 32.1. The number of nitrogens with one attached hydrogen (secondary N) is 1. The van der Waals surface area contributed by atoms with E-state index in [4.69, 9.17) is 9.57 Å². The summed E-state index contributed by atoms with van der Waals surface area (Å²) in [4.78, 5) is 33.9. The lowest BCUT2D eigenvalue weighted by atomic mass is 9.99. The van der Waals surface area contributed by atoms with Crippen LogP contribution in [0.3, 0.4) is 0 Å². The molecule has 29 heavy (non-hydrogen) atoms. The molecule has 0 saturated carbocycles. The van der Waals surface area contributed by atoms with Crippen molar-refractivity contribution in [3.63, 3.8) is 0 Å². The highest BCUT2D eigenvalue weighted by molar-refractivity contribution is 7.10. The average molecular weight is 416 g/mol. The van der Waals surface area contributed by atoms with Gasteiger partial charge in [0.1, 0.15) is 18.2 Å². The van der Waals surface area contributed by atoms with E-state index in [0.29, 0.717) is 19.7 Å². The summed E-state index contributed by atoms with van der Waals surface area (Å²) >= 11 is 1.60. The van der Waals surface area contributed by atoms with Gasteiger partial charge >= 0.3 is 12.1 Å². The third-order valence-electron chi connectivity index (χ3n) is 4.90. The van der Waals surface area contributed by atoms with Gasteiger partial charge in [-0.15, -0.1) is 11.3 Å². The van der Waals surface area contributed by atoms with E-state index in [2.05, 4.69) is 5.32 Å². The van der Waals surface area contributed by atoms with E-state index in [1.54, 1.807) is 16.2 Å². The van der Waals surface area contributed by atoms with Gasteiger partial charge in [0, 0.05) is 11.4 Å². The Balaban J connectivity index is 1.47. The zero-order valence-corrected chi connectivity index (χ0v) is 17.6. The van der Waals surface area contributed by atoms with Crippen LogP contribution in [0.25, 0.3) is 0 Å². The molecule has 2 aromatic rings. The zero-order chi connectivity index (χ0) is 20.6. The smallest absolute Gasteiger partial charge is 0.407 e. The molecule has 3 amide bonds. The van der Waals surface area contributed by atoms with Crippen molar-refractivity contribution in [3.05, 3.63) is 57.8 Å². The van der Waals surface area contributed by atoms with E-state index >= 15 is 0 Å². The summed E-state index contributed by atoms with van der Waals surface area (Å²) in [6.45, 7) is 6.63. The number of benzene rings is 1. The van der Waals surface area contributed by atoms with Crippen LogP contribution in [0.1, 0.15) is 48.9 Å². The second kappa shape index (κ2) is 7.68. The van der Waals surface area contributed by atoms with E-state index in [1.165, 1.54) is 5.06 Å². The number of fused-ring (bicyclic) bond motifs is 4. The van der Waals surface area contributed by atoms with Crippen molar-refractivity contribution in [1.82, 2.24) is 15.3 Å². The summed E-state index contributed by atoms with van der Waals surface area (Å²) < 4.78 is 5.33. The predicted molar refractivity (Wildman–Crippen MR) is 109 cm³/mol. The Morgan fingerprint density at radius 1 is 1.24 bits per heavy atom. The first-order valence-corrected chi connectivity index (χ1v) is 10.5. The minimum absolute atomic E-state index is 0.134. The summed E-state index contributed by atoms with van der Waals surface area (Å²) in [5, 5.41) is 6.31. The van der Waals surface area contributed by atoms with Gasteiger partial charge < -0.3 is 15.0 Å². The van der Waals surface area contributed by atoms with Crippen LogP contribution in [0, 0.1) is 0 Å². The van der Waals surface area contributed by atoms with Crippen molar-refractivity contribution in [2.75, 3.05) is 13.1 Å². The Labute approximate surface area is 174 Å². The summed E-state index contributed by atoms with van der Waals surface area (Å²) in [5.41, 5.74) is 1.52. The second-order valence-electron chi connectivity index (χ2n) is 8.17. The quantitative estimate of drug-likeness (QED) is 0.793. The molecule has 8 heteroatoms. The number of ether oxygens (including phenoxy) is 1. The molecule has 154 valence electrons. The Bertz CT molecular complexity index is 893. The highest BCUT2D eigenvalue weighted by Crippen LogP contribution is 2.46. The molecule has 2 bridgehead atoms. The molecule has 2 atom stereocenters. The molecule has 0 radical (unpaired) electrons. The SMILES string of the molecule is CC(C)(C)OC(=O)NCC1c2sccc2C2CN1C(=O)N2OCc1ccccc1. The minimum Gasteiger partial charge on any atom is -0.444 e. The van der Waals surface area contributed by atoms with E-state index in [-0.39, 0.29) is 18.1 Å². The maximum absolute atomic E-state index is 13.0. The van der Waals surface area contributed by atoms with Crippen molar-refractivity contribution in [2.45, 2.75) is 45.1 Å². The number of alkyl carbamates (subject to hydrolysis) is 1. The fourth-order valence-corrected chi connectivity index (χ4v) is 4.73. The first-order chi connectivity index (χ1) is 13.8. The molecule has 2 aliphatic heterocycles.